The molecular formula is C20H20ClN5O4S. The van der Waals surface area contributed by atoms with E-state index in [1.54, 1.807) is 12.1 Å². The van der Waals surface area contributed by atoms with Gasteiger partial charge in [-0.15, -0.1) is 10.2 Å². The molecule has 1 aromatic heterocycles. The molecule has 1 amide bonds. The van der Waals surface area contributed by atoms with Crippen LogP contribution >= 0.6 is 23.4 Å². The largest absolute Gasteiger partial charge is 0.481 e. The summed E-state index contributed by atoms with van der Waals surface area (Å²) in [5.41, 5.74) is 0.444. The van der Waals surface area contributed by atoms with E-state index in [-0.39, 0.29) is 17.3 Å². The number of hydrogen-bond donors (Lipinski definition) is 1. The Kier molecular flexibility index (Phi) is 7.48. The molecule has 1 N–H and O–H groups in total. The minimum atomic E-state index is -0.493. The van der Waals surface area contributed by atoms with Crippen molar-refractivity contribution in [3.8, 4) is 5.75 Å². The Hall–Kier alpha value is -3.11. The molecule has 1 unspecified atom stereocenters. The van der Waals surface area contributed by atoms with Crippen LogP contribution in [0.25, 0.3) is 0 Å². The van der Waals surface area contributed by atoms with Gasteiger partial charge in [0.1, 0.15) is 5.75 Å². The van der Waals surface area contributed by atoms with E-state index in [1.807, 2.05) is 30.5 Å². The second kappa shape index (κ2) is 10.3. The third-order valence-electron chi connectivity index (χ3n) is 4.26. The fourth-order valence-corrected chi connectivity index (χ4v) is 3.77. The fourth-order valence-electron chi connectivity index (χ4n) is 2.78. The van der Waals surface area contributed by atoms with Gasteiger partial charge < -0.3 is 14.6 Å². The highest BCUT2D eigenvalue weighted by Crippen LogP contribution is 2.29. The van der Waals surface area contributed by atoms with E-state index in [0.29, 0.717) is 34.0 Å². The second-order valence-electron chi connectivity index (χ2n) is 6.42. The van der Waals surface area contributed by atoms with E-state index in [1.165, 1.54) is 36.0 Å². The molecule has 0 radical (unpaired) electrons. The van der Waals surface area contributed by atoms with Crippen LogP contribution in [0.15, 0.2) is 53.7 Å². The van der Waals surface area contributed by atoms with Crippen molar-refractivity contribution in [1.29, 1.82) is 0 Å². The summed E-state index contributed by atoms with van der Waals surface area (Å²) in [4.78, 5) is 22.5. The summed E-state index contributed by atoms with van der Waals surface area (Å²) in [6.07, 6.45) is -0.393. The van der Waals surface area contributed by atoms with Gasteiger partial charge in [0.25, 0.3) is 5.69 Å². The predicted molar refractivity (Wildman–Crippen MR) is 119 cm³/mol. The summed E-state index contributed by atoms with van der Waals surface area (Å²) >= 11 is 7.40. The van der Waals surface area contributed by atoms with Gasteiger partial charge >= 0.3 is 0 Å². The number of nitrogens with zero attached hydrogens (tertiary/aromatic N) is 4. The van der Waals surface area contributed by atoms with Crippen molar-refractivity contribution in [3.63, 3.8) is 0 Å². The molecule has 0 spiro atoms. The van der Waals surface area contributed by atoms with Gasteiger partial charge in [0.05, 0.1) is 15.7 Å². The van der Waals surface area contributed by atoms with Crippen LogP contribution in [0.2, 0.25) is 5.02 Å². The number of nitrogens with one attached hydrogen (secondary N) is 1. The third-order valence-corrected chi connectivity index (χ3v) is 5.54. The Labute approximate surface area is 187 Å². The molecule has 11 heteroatoms. The van der Waals surface area contributed by atoms with E-state index >= 15 is 0 Å². The summed E-state index contributed by atoms with van der Waals surface area (Å²) in [7, 11) is 0. The average Bonchev–Trinajstić information content (AvgIpc) is 3.17. The molecule has 9 nitrogen and oxygen atoms in total. The minimum Gasteiger partial charge on any atom is -0.481 e. The smallest absolute Gasteiger partial charge is 0.269 e. The molecule has 2 aromatic carbocycles. The second-order valence-corrected chi connectivity index (χ2v) is 7.77. The number of hydrogen-bond acceptors (Lipinski definition) is 7. The number of anilines is 1. The molecule has 1 atom stereocenters. The summed E-state index contributed by atoms with van der Waals surface area (Å²) in [6.45, 7) is 4.41. The Morgan fingerprint density at radius 1 is 1.26 bits per heavy atom. The van der Waals surface area contributed by atoms with Crippen molar-refractivity contribution in [2.24, 2.45) is 0 Å². The molecular weight excluding hydrogens is 442 g/mol. The van der Waals surface area contributed by atoms with E-state index < -0.39 is 11.0 Å². The van der Waals surface area contributed by atoms with Crippen molar-refractivity contribution in [2.45, 2.75) is 31.7 Å². The molecule has 1 heterocycles. The molecule has 0 aliphatic rings. The number of aromatic nitrogens is 3. The van der Waals surface area contributed by atoms with Crippen LogP contribution in [0.3, 0.4) is 0 Å². The first-order valence-corrected chi connectivity index (χ1v) is 10.8. The zero-order valence-electron chi connectivity index (χ0n) is 16.8. The SMILES string of the molecule is CCn1c(SCC(=O)Nc2ccc([N+](=O)[O-])cc2)nnc1C(C)Oc1ccccc1Cl. The zero-order chi connectivity index (χ0) is 22.4. The van der Waals surface area contributed by atoms with Crippen LogP contribution in [-0.4, -0.2) is 31.3 Å². The maximum absolute atomic E-state index is 12.3. The topological polar surface area (TPSA) is 112 Å². The number of rotatable bonds is 9. The molecule has 0 aliphatic carbocycles. The lowest BCUT2D eigenvalue weighted by Crippen LogP contribution is -2.15. The molecule has 3 aromatic rings. The number of benzene rings is 2. The predicted octanol–water partition coefficient (Wildman–Crippen LogP) is 4.73. The van der Waals surface area contributed by atoms with Crippen molar-refractivity contribution in [3.05, 3.63) is 69.5 Å². The standard InChI is InChI=1S/C20H20ClN5O4S/c1-3-25-19(13(2)30-17-7-5-4-6-16(17)21)23-24-20(25)31-12-18(27)22-14-8-10-15(11-9-14)26(28)29/h4-11,13H,3,12H2,1-2H3,(H,22,27). The Balaban J connectivity index is 1.61. The molecule has 3 rings (SSSR count). The van der Waals surface area contributed by atoms with E-state index in [9.17, 15) is 14.9 Å². The number of para-hydroxylation sites is 1. The first-order valence-electron chi connectivity index (χ1n) is 9.40. The highest BCUT2D eigenvalue weighted by atomic mass is 35.5. The number of carbonyl (C=O) groups is 1. The average molecular weight is 462 g/mol. The first kappa shape index (κ1) is 22.6. The number of carbonyl (C=O) groups excluding carboxylic acids is 1. The molecule has 0 fully saturated rings. The van der Waals surface area contributed by atoms with Gasteiger partial charge in [0, 0.05) is 24.4 Å². The van der Waals surface area contributed by atoms with Gasteiger partial charge in [-0.2, -0.15) is 0 Å². The van der Waals surface area contributed by atoms with E-state index in [0.717, 1.165) is 0 Å². The van der Waals surface area contributed by atoms with Crippen molar-refractivity contribution in [2.75, 3.05) is 11.1 Å². The van der Waals surface area contributed by atoms with Crippen LogP contribution in [-0.2, 0) is 11.3 Å². The minimum absolute atomic E-state index is 0.0379. The maximum atomic E-state index is 12.3. The normalized spacial score (nSPS) is 11.7. The lowest BCUT2D eigenvalue weighted by Gasteiger charge is -2.16. The van der Waals surface area contributed by atoms with Crippen LogP contribution < -0.4 is 10.1 Å². The molecule has 0 saturated heterocycles. The fraction of sp³-hybridized carbons (Fsp3) is 0.250. The van der Waals surface area contributed by atoms with E-state index in [2.05, 4.69) is 15.5 Å². The quantitative estimate of drug-likeness (QED) is 0.278. The summed E-state index contributed by atoms with van der Waals surface area (Å²) in [6, 6.07) is 12.8. The van der Waals surface area contributed by atoms with Gasteiger partial charge in [-0.3, -0.25) is 14.9 Å². The summed E-state index contributed by atoms with van der Waals surface area (Å²) in [5.74, 6) is 1.03. The van der Waals surface area contributed by atoms with Crippen LogP contribution in [0.4, 0.5) is 11.4 Å². The van der Waals surface area contributed by atoms with Crippen LogP contribution in [0.1, 0.15) is 25.8 Å². The van der Waals surface area contributed by atoms with Gasteiger partial charge in [0.15, 0.2) is 17.1 Å². The number of nitro groups is 1. The molecule has 0 saturated carbocycles. The molecule has 0 bridgehead atoms. The van der Waals surface area contributed by atoms with Crippen molar-refractivity contribution < 1.29 is 14.5 Å². The van der Waals surface area contributed by atoms with E-state index in [4.69, 9.17) is 16.3 Å². The first-order chi connectivity index (χ1) is 14.9. The van der Waals surface area contributed by atoms with Gasteiger partial charge in [-0.1, -0.05) is 35.5 Å². The number of non-ortho nitro benzene ring substituents is 1. The summed E-state index contributed by atoms with van der Waals surface area (Å²) < 4.78 is 7.81. The Bertz CT molecular complexity index is 1070. The number of nitro benzene ring substituents is 1. The lowest BCUT2D eigenvalue weighted by molar-refractivity contribution is -0.384. The number of ether oxygens (including phenoxy) is 1. The molecule has 31 heavy (non-hydrogen) atoms. The highest BCUT2D eigenvalue weighted by molar-refractivity contribution is 7.99. The highest BCUT2D eigenvalue weighted by Gasteiger charge is 2.20. The van der Waals surface area contributed by atoms with Crippen LogP contribution in [0.5, 0.6) is 5.75 Å². The van der Waals surface area contributed by atoms with Crippen molar-refractivity contribution in [1.82, 2.24) is 14.8 Å². The lowest BCUT2D eigenvalue weighted by atomic mass is 10.3. The number of halogens is 1. The maximum Gasteiger partial charge on any atom is 0.269 e. The number of thioether (sulfide) groups is 1. The van der Waals surface area contributed by atoms with Crippen molar-refractivity contribution >= 4 is 40.6 Å². The summed E-state index contributed by atoms with van der Waals surface area (Å²) in [5, 5.41) is 22.9. The van der Waals surface area contributed by atoms with Gasteiger partial charge in [-0.05, 0) is 38.1 Å². The third kappa shape index (κ3) is 5.74. The van der Waals surface area contributed by atoms with Gasteiger partial charge in [-0.25, -0.2) is 0 Å². The zero-order valence-corrected chi connectivity index (χ0v) is 18.4. The number of amides is 1. The van der Waals surface area contributed by atoms with Gasteiger partial charge in [0.2, 0.25) is 5.91 Å². The Morgan fingerprint density at radius 3 is 2.61 bits per heavy atom. The Morgan fingerprint density at radius 2 is 1.97 bits per heavy atom. The van der Waals surface area contributed by atoms with Crippen LogP contribution in [0, 0.1) is 10.1 Å². The monoisotopic (exact) mass is 461 g/mol. The molecule has 162 valence electrons. The molecule has 0 aliphatic heterocycles.